The Morgan fingerprint density at radius 1 is 1.06 bits per heavy atom. The van der Waals surface area contributed by atoms with Gasteiger partial charge in [-0.25, -0.2) is 4.68 Å². The number of hydrogen-bond donors (Lipinski definition) is 2. The number of carbonyl (C=O) groups is 1. The van der Waals surface area contributed by atoms with Crippen molar-refractivity contribution in [1.29, 1.82) is 0 Å². The fourth-order valence-electron chi connectivity index (χ4n) is 3.98. The fraction of sp³-hybridized carbons (Fsp3) is 0.609. The van der Waals surface area contributed by atoms with Crippen LogP contribution in [0.15, 0.2) is 18.3 Å². The molecule has 1 fully saturated rings. The lowest BCUT2D eigenvalue weighted by Crippen LogP contribution is -2.33. The summed E-state index contributed by atoms with van der Waals surface area (Å²) in [6, 6.07) is 4.48. The number of hydrogen-bond acceptors (Lipinski definition) is 7. The first-order valence-electron chi connectivity index (χ1n) is 11.2. The van der Waals surface area contributed by atoms with E-state index in [-0.39, 0.29) is 11.9 Å². The summed E-state index contributed by atoms with van der Waals surface area (Å²) in [5.74, 6) is 2.35. The van der Waals surface area contributed by atoms with Gasteiger partial charge in [-0.1, -0.05) is 19.1 Å². The molecule has 1 aliphatic carbocycles. The second kappa shape index (κ2) is 11.2. The summed E-state index contributed by atoms with van der Waals surface area (Å²) < 4.78 is 18.2. The Kier molecular flexibility index (Phi) is 8.33. The lowest BCUT2D eigenvalue weighted by atomic mass is 9.91. The van der Waals surface area contributed by atoms with Crippen molar-refractivity contribution < 1.29 is 19.0 Å². The number of benzene rings is 1. The first-order valence-corrected chi connectivity index (χ1v) is 11.2. The molecule has 1 amide bonds. The highest BCUT2D eigenvalue weighted by Gasteiger charge is 2.24. The third kappa shape index (κ3) is 5.91. The van der Waals surface area contributed by atoms with Crippen LogP contribution in [-0.4, -0.2) is 54.8 Å². The van der Waals surface area contributed by atoms with E-state index in [1.165, 1.54) is 0 Å². The molecule has 0 radical (unpaired) electrons. The Hall–Kier alpha value is -2.81. The van der Waals surface area contributed by atoms with Crippen molar-refractivity contribution in [3.8, 4) is 17.2 Å². The van der Waals surface area contributed by atoms with Crippen LogP contribution in [0.4, 0.5) is 0 Å². The summed E-state index contributed by atoms with van der Waals surface area (Å²) in [6.45, 7) is 5.44. The molecule has 0 bridgehead atoms. The van der Waals surface area contributed by atoms with Crippen LogP contribution in [0.2, 0.25) is 0 Å². The smallest absolute Gasteiger partial charge is 0.273 e. The minimum Gasteiger partial charge on any atom is -0.496 e. The quantitative estimate of drug-likeness (QED) is 0.580. The Morgan fingerprint density at radius 3 is 2.34 bits per heavy atom. The summed E-state index contributed by atoms with van der Waals surface area (Å²) in [5.41, 5.74) is 1.41. The molecule has 1 heterocycles. The van der Waals surface area contributed by atoms with Crippen molar-refractivity contribution >= 4 is 5.91 Å². The van der Waals surface area contributed by atoms with Crippen LogP contribution >= 0.6 is 0 Å². The average Bonchev–Trinajstić information content (AvgIpc) is 3.31. The number of ether oxygens (including phenoxy) is 3. The Morgan fingerprint density at radius 2 is 1.72 bits per heavy atom. The van der Waals surface area contributed by atoms with Crippen LogP contribution < -0.4 is 24.8 Å². The number of carbonyl (C=O) groups excluding carboxylic acids is 1. The van der Waals surface area contributed by atoms with E-state index in [0.717, 1.165) is 37.0 Å². The summed E-state index contributed by atoms with van der Waals surface area (Å²) in [5, 5.41) is 14.8. The molecule has 1 aromatic carbocycles. The maximum Gasteiger partial charge on any atom is 0.273 e. The van der Waals surface area contributed by atoms with Crippen molar-refractivity contribution in [2.45, 2.75) is 58.2 Å². The number of nitrogens with zero attached hydrogens (tertiary/aromatic N) is 3. The number of amides is 1. The van der Waals surface area contributed by atoms with Crippen molar-refractivity contribution in [1.82, 2.24) is 25.6 Å². The van der Waals surface area contributed by atoms with Crippen molar-refractivity contribution in [3.05, 3.63) is 29.6 Å². The van der Waals surface area contributed by atoms with Crippen molar-refractivity contribution in [3.63, 3.8) is 0 Å². The molecule has 0 spiro atoms. The van der Waals surface area contributed by atoms with Gasteiger partial charge in [0.25, 0.3) is 5.91 Å². The molecule has 9 heteroatoms. The Balaban J connectivity index is 1.52. The van der Waals surface area contributed by atoms with Crippen molar-refractivity contribution in [2.24, 2.45) is 5.92 Å². The molecule has 2 N–H and O–H groups in total. The Labute approximate surface area is 189 Å². The van der Waals surface area contributed by atoms with Gasteiger partial charge in [0.05, 0.1) is 33.6 Å². The normalized spacial score (nSPS) is 18.4. The largest absolute Gasteiger partial charge is 0.496 e. The van der Waals surface area contributed by atoms with E-state index < -0.39 is 0 Å². The second-order valence-corrected chi connectivity index (χ2v) is 8.59. The first-order chi connectivity index (χ1) is 15.4. The van der Waals surface area contributed by atoms with Gasteiger partial charge in [0.15, 0.2) is 17.2 Å². The topological polar surface area (TPSA) is 99.5 Å². The van der Waals surface area contributed by atoms with Crippen LogP contribution in [-0.2, 0) is 6.54 Å². The fourth-order valence-corrected chi connectivity index (χ4v) is 3.98. The molecule has 0 unspecified atom stereocenters. The highest BCUT2D eigenvalue weighted by Crippen LogP contribution is 2.35. The summed E-state index contributed by atoms with van der Waals surface area (Å²) >= 11 is 0. The van der Waals surface area contributed by atoms with E-state index in [4.69, 9.17) is 14.2 Å². The van der Waals surface area contributed by atoms with Gasteiger partial charge in [-0.2, -0.15) is 0 Å². The van der Waals surface area contributed by atoms with Gasteiger partial charge in [0, 0.05) is 30.8 Å². The number of methoxy groups -OCH3 is 3. The zero-order valence-electron chi connectivity index (χ0n) is 19.7. The molecule has 0 atom stereocenters. The third-order valence-electron chi connectivity index (χ3n) is 5.85. The van der Waals surface area contributed by atoms with Gasteiger partial charge >= 0.3 is 0 Å². The predicted molar refractivity (Wildman–Crippen MR) is 121 cm³/mol. The summed E-state index contributed by atoms with van der Waals surface area (Å²) in [7, 11) is 4.90. The molecular formula is C23H35N5O4. The number of aromatic nitrogens is 3. The molecule has 32 heavy (non-hydrogen) atoms. The zero-order chi connectivity index (χ0) is 23.1. The number of rotatable bonds is 10. The standard InChI is InChI=1S/C23H35N5O4/c1-15(2)12-25-23(29)19-14-28(27-26-19)18-8-6-17(7-9-18)24-13-16-10-21(31-4)22(32-5)11-20(16)30-3/h10-11,14-15,17-18,24H,6-9,12-13H2,1-5H3,(H,25,29). The van der Waals surface area contributed by atoms with Crippen LogP contribution in [0.1, 0.15) is 61.6 Å². The van der Waals surface area contributed by atoms with Gasteiger partial charge in [-0.15, -0.1) is 5.10 Å². The van der Waals surface area contributed by atoms with E-state index in [2.05, 4.69) is 34.8 Å². The molecular weight excluding hydrogens is 410 g/mol. The second-order valence-electron chi connectivity index (χ2n) is 8.59. The minimum atomic E-state index is -0.163. The van der Waals surface area contributed by atoms with E-state index in [0.29, 0.717) is 42.2 Å². The molecule has 9 nitrogen and oxygen atoms in total. The molecule has 3 rings (SSSR count). The minimum absolute atomic E-state index is 0.163. The molecule has 0 aliphatic heterocycles. The van der Waals surface area contributed by atoms with Crippen molar-refractivity contribution in [2.75, 3.05) is 27.9 Å². The maximum atomic E-state index is 12.2. The maximum absolute atomic E-state index is 12.2. The van der Waals surface area contributed by atoms with E-state index in [1.807, 2.05) is 16.8 Å². The molecule has 1 aliphatic rings. The van der Waals surface area contributed by atoms with Gasteiger partial charge in [-0.05, 0) is 37.7 Å². The van der Waals surface area contributed by atoms with Gasteiger partial charge in [0.2, 0.25) is 0 Å². The van der Waals surface area contributed by atoms with Crippen LogP contribution in [0.3, 0.4) is 0 Å². The van der Waals surface area contributed by atoms with Gasteiger partial charge in [0.1, 0.15) is 5.75 Å². The highest BCUT2D eigenvalue weighted by molar-refractivity contribution is 5.91. The van der Waals surface area contributed by atoms with E-state index in [1.54, 1.807) is 27.5 Å². The van der Waals surface area contributed by atoms with Crippen LogP contribution in [0.25, 0.3) is 0 Å². The first kappa shape index (κ1) is 23.8. The molecule has 176 valence electrons. The lowest BCUT2D eigenvalue weighted by molar-refractivity contribution is 0.0944. The van der Waals surface area contributed by atoms with Crippen LogP contribution in [0.5, 0.6) is 17.2 Å². The SMILES string of the molecule is COc1cc(OC)c(OC)cc1CNC1CCC(n2cc(C(=O)NCC(C)C)nn2)CC1. The highest BCUT2D eigenvalue weighted by atomic mass is 16.5. The average molecular weight is 446 g/mol. The number of nitrogens with one attached hydrogen (secondary N) is 2. The molecule has 1 saturated carbocycles. The van der Waals surface area contributed by atoms with Crippen LogP contribution in [0, 0.1) is 5.92 Å². The third-order valence-corrected chi connectivity index (χ3v) is 5.85. The lowest BCUT2D eigenvalue weighted by Gasteiger charge is -2.29. The van der Waals surface area contributed by atoms with E-state index in [9.17, 15) is 4.79 Å². The zero-order valence-corrected chi connectivity index (χ0v) is 19.7. The molecule has 0 saturated heterocycles. The monoisotopic (exact) mass is 445 g/mol. The van der Waals surface area contributed by atoms with Gasteiger partial charge < -0.3 is 24.8 Å². The summed E-state index contributed by atoms with van der Waals surface area (Å²) in [4.78, 5) is 12.2. The summed E-state index contributed by atoms with van der Waals surface area (Å²) in [6.07, 6.45) is 5.78. The predicted octanol–water partition coefficient (Wildman–Crippen LogP) is 2.96. The van der Waals surface area contributed by atoms with E-state index >= 15 is 0 Å². The Bertz CT molecular complexity index is 891. The van der Waals surface area contributed by atoms with Gasteiger partial charge in [-0.3, -0.25) is 4.79 Å². The molecule has 2 aromatic rings. The molecule has 1 aromatic heterocycles.